The molecule has 0 radical (unpaired) electrons. The topological polar surface area (TPSA) is 89.5 Å². The Morgan fingerprint density at radius 1 is 0.846 bits per heavy atom. The minimum Gasteiger partial charge on any atom is -0.545 e. The summed E-state index contributed by atoms with van der Waals surface area (Å²) in [6.07, 6.45) is 0. The largest absolute Gasteiger partial charge is 1.00 e. The molecule has 2 N–H and O–H groups in total. The van der Waals surface area contributed by atoms with Gasteiger partial charge in [0.25, 0.3) is 5.91 Å². The van der Waals surface area contributed by atoms with Crippen molar-refractivity contribution in [3.63, 3.8) is 0 Å². The van der Waals surface area contributed by atoms with E-state index in [0.29, 0.717) is 11.3 Å². The Labute approximate surface area is 172 Å². The SMILES string of the molecule is O=C([O-])c1ccc(NC(=O)c2cccc(-c3ccccc3)c2O)cc1.[Na+]. The van der Waals surface area contributed by atoms with Gasteiger partial charge in [-0.2, -0.15) is 0 Å². The summed E-state index contributed by atoms with van der Waals surface area (Å²) < 4.78 is 0. The number of benzene rings is 3. The van der Waals surface area contributed by atoms with Gasteiger partial charge in [0.05, 0.1) is 11.5 Å². The second-order valence-corrected chi connectivity index (χ2v) is 5.39. The number of phenols is 1. The molecule has 3 rings (SSSR count). The molecule has 0 heterocycles. The summed E-state index contributed by atoms with van der Waals surface area (Å²) in [7, 11) is 0. The van der Waals surface area contributed by atoms with E-state index in [1.54, 1.807) is 12.1 Å². The van der Waals surface area contributed by atoms with Gasteiger partial charge in [0.15, 0.2) is 0 Å². The number of amides is 1. The summed E-state index contributed by atoms with van der Waals surface area (Å²) in [6.45, 7) is 0. The predicted octanol–water partition coefficient (Wildman–Crippen LogP) is -0.321. The average Bonchev–Trinajstić information content (AvgIpc) is 2.63. The van der Waals surface area contributed by atoms with Gasteiger partial charge in [0.2, 0.25) is 0 Å². The van der Waals surface area contributed by atoms with E-state index < -0.39 is 11.9 Å². The third-order valence-corrected chi connectivity index (χ3v) is 3.74. The first-order chi connectivity index (χ1) is 12.1. The molecule has 1 amide bonds. The Hall–Kier alpha value is -2.60. The van der Waals surface area contributed by atoms with Gasteiger partial charge >= 0.3 is 29.6 Å². The summed E-state index contributed by atoms with van der Waals surface area (Å²) in [4.78, 5) is 23.2. The maximum absolute atomic E-state index is 12.4. The number of para-hydroxylation sites is 1. The van der Waals surface area contributed by atoms with Crippen LogP contribution in [0.1, 0.15) is 20.7 Å². The minimum atomic E-state index is -1.29. The molecule has 26 heavy (non-hydrogen) atoms. The second kappa shape index (κ2) is 8.67. The first-order valence-corrected chi connectivity index (χ1v) is 7.56. The molecule has 0 unspecified atom stereocenters. The van der Waals surface area contributed by atoms with Gasteiger partial charge in [-0.3, -0.25) is 4.79 Å². The molecule has 5 nitrogen and oxygen atoms in total. The number of hydrogen-bond donors (Lipinski definition) is 2. The van der Waals surface area contributed by atoms with E-state index >= 15 is 0 Å². The van der Waals surface area contributed by atoms with Crippen LogP contribution in [0.3, 0.4) is 0 Å². The molecule has 0 aliphatic rings. The molecule has 0 aliphatic carbocycles. The van der Waals surface area contributed by atoms with Gasteiger partial charge in [-0.25, -0.2) is 0 Å². The third kappa shape index (κ3) is 4.32. The molecule has 0 aromatic heterocycles. The number of carboxylic acid groups (broad SMARTS) is 1. The number of nitrogens with one attached hydrogen (secondary N) is 1. The third-order valence-electron chi connectivity index (χ3n) is 3.74. The van der Waals surface area contributed by atoms with Crippen molar-refractivity contribution in [1.82, 2.24) is 0 Å². The van der Waals surface area contributed by atoms with Crippen LogP contribution in [-0.2, 0) is 0 Å². The van der Waals surface area contributed by atoms with Crippen molar-refractivity contribution < 1.29 is 49.4 Å². The molecule has 3 aromatic rings. The molecule has 3 aromatic carbocycles. The van der Waals surface area contributed by atoms with Crippen molar-refractivity contribution in [2.24, 2.45) is 0 Å². The smallest absolute Gasteiger partial charge is 0.545 e. The van der Waals surface area contributed by atoms with Crippen molar-refractivity contribution in [3.05, 3.63) is 83.9 Å². The Balaban J connectivity index is 0.00000243. The summed E-state index contributed by atoms with van der Waals surface area (Å²) >= 11 is 0. The van der Waals surface area contributed by atoms with E-state index in [2.05, 4.69) is 5.32 Å². The Kier molecular flexibility index (Phi) is 6.58. The van der Waals surface area contributed by atoms with Gasteiger partial charge in [-0.05, 0) is 29.3 Å². The number of rotatable bonds is 4. The molecule has 0 spiro atoms. The zero-order chi connectivity index (χ0) is 17.8. The number of anilines is 1. The summed E-state index contributed by atoms with van der Waals surface area (Å²) in [6, 6.07) is 19.8. The van der Waals surface area contributed by atoms with Crippen LogP contribution in [0.25, 0.3) is 11.1 Å². The number of carbonyl (C=O) groups excluding carboxylic acids is 2. The number of carbonyl (C=O) groups is 2. The van der Waals surface area contributed by atoms with E-state index in [0.717, 1.165) is 5.56 Å². The van der Waals surface area contributed by atoms with E-state index in [4.69, 9.17) is 0 Å². The van der Waals surface area contributed by atoms with Crippen LogP contribution in [0.4, 0.5) is 5.69 Å². The fourth-order valence-electron chi connectivity index (χ4n) is 2.47. The number of hydrogen-bond acceptors (Lipinski definition) is 4. The fourth-order valence-corrected chi connectivity index (χ4v) is 2.47. The Bertz CT molecular complexity index is 924. The molecule has 0 saturated carbocycles. The van der Waals surface area contributed by atoms with Crippen molar-refractivity contribution in [2.75, 3.05) is 5.32 Å². The molecule has 0 atom stereocenters. The quantitative estimate of drug-likeness (QED) is 0.628. The summed E-state index contributed by atoms with van der Waals surface area (Å²) in [5, 5.41) is 23.8. The van der Waals surface area contributed by atoms with Gasteiger partial charge in [0, 0.05) is 11.3 Å². The van der Waals surface area contributed by atoms with Gasteiger partial charge < -0.3 is 20.3 Å². The zero-order valence-electron chi connectivity index (χ0n) is 14.1. The molecule has 0 bridgehead atoms. The maximum Gasteiger partial charge on any atom is 1.00 e. The summed E-state index contributed by atoms with van der Waals surface area (Å²) in [5.41, 5.74) is 1.92. The molecule has 0 aliphatic heterocycles. The van der Waals surface area contributed by atoms with Gasteiger partial charge in [-0.1, -0.05) is 54.6 Å². The number of phenolic OH excluding ortho intramolecular Hbond substituents is 1. The van der Waals surface area contributed by atoms with Crippen molar-refractivity contribution in [1.29, 1.82) is 0 Å². The monoisotopic (exact) mass is 355 g/mol. The summed E-state index contributed by atoms with van der Waals surface area (Å²) in [5.74, 6) is -1.89. The van der Waals surface area contributed by atoms with Crippen LogP contribution >= 0.6 is 0 Å². The molecular weight excluding hydrogens is 341 g/mol. The van der Waals surface area contributed by atoms with Gasteiger partial charge in [0.1, 0.15) is 5.75 Å². The van der Waals surface area contributed by atoms with Crippen LogP contribution in [0.5, 0.6) is 5.75 Å². The van der Waals surface area contributed by atoms with Crippen molar-refractivity contribution in [3.8, 4) is 16.9 Å². The fraction of sp³-hybridized carbons (Fsp3) is 0. The molecule has 6 heteroatoms. The normalized spacial score (nSPS) is 9.85. The van der Waals surface area contributed by atoms with Crippen LogP contribution in [-0.4, -0.2) is 17.0 Å². The molecule has 124 valence electrons. The minimum absolute atomic E-state index is 0. The Morgan fingerprint density at radius 2 is 1.50 bits per heavy atom. The first kappa shape index (κ1) is 19.7. The van der Waals surface area contributed by atoms with Crippen molar-refractivity contribution in [2.45, 2.75) is 0 Å². The van der Waals surface area contributed by atoms with Gasteiger partial charge in [-0.15, -0.1) is 0 Å². The van der Waals surface area contributed by atoms with Crippen LogP contribution in [0.2, 0.25) is 0 Å². The zero-order valence-corrected chi connectivity index (χ0v) is 16.1. The van der Waals surface area contributed by atoms with E-state index in [9.17, 15) is 19.8 Å². The molecule has 0 fully saturated rings. The average molecular weight is 355 g/mol. The number of aromatic carboxylic acids is 1. The molecule has 0 saturated heterocycles. The maximum atomic E-state index is 12.4. The second-order valence-electron chi connectivity index (χ2n) is 5.39. The predicted molar refractivity (Wildman–Crippen MR) is 92.3 cm³/mol. The first-order valence-electron chi connectivity index (χ1n) is 7.56. The number of carboxylic acids is 1. The number of aromatic hydroxyl groups is 1. The van der Waals surface area contributed by atoms with E-state index in [1.165, 1.54) is 30.3 Å². The van der Waals surface area contributed by atoms with Crippen LogP contribution in [0, 0.1) is 0 Å². The van der Waals surface area contributed by atoms with Crippen LogP contribution in [0.15, 0.2) is 72.8 Å². The van der Waals surface area contributed by atoms with Crippen LogP contribution < -0.4 is 40.0 Å². The molecular formula is C20H14NNaO4. The standard InChI is InChI=1S/C20H15NO4.Na/c22-18-16(13-5-2-1-3-6-13)7-4-8-17(18)19(23)21-15-11-9-14(10-12-15)20(24)25;/h1-12,22H,(H,21,23)(H,24,25);/q;+1/p-1. The van der Waals surface area contributed by atoms with E-state index in [1.807, 2.05) is 30.3 Å². The van der Waals surface area contributed by atoms with E-state index in [-0.39, 0.29) is 46.4 Å². The van der Waals surface area contributed by atoms with Crippen molar-refractivity contribution >= 4 is 17.6 Å². The Morgan fingerprint density at radius 3 is 2.12 bits per heavy atom.